The third kappa shape index (κ3) is 4.52. The Kier molecular flexibility index (Phi) is 5.56. The van der Waals surface area contributed by atoms with E-state index in [0.29, 0.717) is 17.3 Å². The summed E-state index contributed by atoms with van der Waals surface area (Å²) in [7, 11) is 0. The number of halogens is 3. The molecule has 10 heteroatoms. The van der Waals surface area contributed by atoms with Crippen LogP contribution in [0.4, 0.5) is 8.78 Å². The maximum Gasteiger partial charge on any atom is 0.137 e. The first-order valence-electron chi connectivity index (χ1n) is 9.05. The van der Waals surface area contributed by atoms with Gasteiger partial charge in [-0.15, -0.1) is 5.10 Å². The summed E-state index contributed by atoms with van der Waals surface area (Å²) in [5.74, 6) is -1.59. The molecule has 2 heterocycles. The van der Waals surface area contributed by atoms with E-state index in [4.69, 9.17) is 11.6 Å². The van der Waals surface area contributed by atoms with Crippen LogP contribution in [0.1, 0.15) is 16.8 Å². The Morgan fingerprint density at radius 3 is 2.70 bits per heavy atom. The zero-order chi connectivity index (χ0) is 21.1. The largest absolute Gasteiger partial charge is 0.383 e. The molecule has 4 aromatic rings. The standard InChI is InChI=1S/C20H17ClF2N6O/c21-15-3-1-2-14(6-15)9-28-10-17(26-27-28)8-20(30,11-29-13-24-12-25-29)18-5-4-16(22)7-19(18)23/h1-7,10,12-13,30H,8-9,11H2. The minimum Gasteiger partial charge on any atom is -0.383 e. The van der Waals surface area contributed by atoms with Gasteiger partial charge in [0.25, 0.3) is 0 Å². The fourth-order valence-corrected chi connectivity index (χ4v) is 3.52. The smallest absolute Gasteiger partial charge is 0.137 e. The lowest BCUT2D eigenvalue weighted by Crippen LogP contribution is -2.35. The summed E-state index contributed by atoms with van der Waals surface area (Å²) in [6.45, 7) is 0.330. The summed E-state index contributed by atoms with van der Waals surface area (Å²) >= 11 is 6.01. The second-order valence-corrected chi connectivity index (χ2v) is 7.40. The first-order valence-corrected chi connectivity index (χ1v) is 9.43. The van der Waals surface area contributed by atoms with Crippen LogP contribution in [0.25, 0.3) is 0 Å². The zero-order valence-corrected chi connectivity index (χ0v) is 16.4. The molecule has 0 fully saturated rings. The van der Waals surface area contributed by atoms with Gasteiger partial charge in [-0.2, -0.15) is 5.10 Å². The quantitative estimate of drug-likeness (QED) is 0.487. The molecule has 0 spiro atoms. The molecule has 0 amide bonds. The average Bonchev–Trinajstić information content (AvgIpc) is 3.33. The normalized spacial score (nSPS) is 13.3. The molecular weight excluding hydrogens is 414 g/mol. The Morgan fingerprint density at radius 1 is 1.10 bits per heavy atom. The molecule has 0 radical (unpaired) electrons. The lowest BCUT2D eigenvalue weighted by molar-refractivity contribution is 0.0107. The average molecular weight is 431 g/mol. The molecule has 1 N–H and O–H groups in total. The summed E-state index contributed by atoms with van der Waals surface area (Å²) in [5, 5.41) is 24.1. The molecule has 0 bridgehead atoms. The molecule has 4 rings (SSSR count). The highest BCUT2D eigenvalue weighted by molar-refractivity contribution is 6.30. The third-order valence-corrected chi connectivity index (χ3v) is 4.85. The third-order valence-electron chi connectivity index (χ3n) is 4.62. The fourth-order valence-electron chi connectivity index (χ4n) is 3.30. The Morgan fingerprint density at radius 2 is 1.97 bits per heavy atom. The van der Waals surface area contributed by atoms with Crippen LogP contribution in [0, 0.1) is 11.6 Å². The Bertz CT molecular complexity index is 1150. The van der Waals surface area contributed by atoms with Gasteiger partial charge in [-0.1, -0.05) is 35.0 Å². The van der Waals surface area contributed by atoms with Crippen LogP contribution in [0.3, 0.4) is 0 Å². The molecule has 0 aliphatic heterocycles. The molecule has 154 valence electrons. The number of aromatic nitrogens is 6. The van der Waals surface area contributed by atoms with E-state index in [1.807, 2.05) is 18.2 Å². The zero-order valence-electron chi connectivity index (χ0n) is 15.7. The Labute approximate surface area is 175 Å². The van der Waals surface area contributed by atoms with Gasteiger partial charge in [0, 0.05) is 29.3 Å². The maximum atomic E-state index is 14.5. The van der Waals surface area contributed by atoms with Gasteiger partial charge in [0.05, 0.1) is 18.8 Å². The first-order chi connectivity index (χ1) is 14.4. The molecular formula is C20H17ClF2N6O. The van der Waals surface area contributed by atoms with Crippen molar-refractivity contribution in [2.24, 2.45) is 0 Å². The van der Waals surface area contributed by atoms with Gasteiger partial charge in [0.15, 0.2) is 0 Å². The number of nitrogens with zero attached hydrogens (tertiary/aromatic N) is 6. The second-order valence-electron chi connectivity index (χ2n) is 6.96. The summed E-state index contributed by atoms with van der Waals surface area (Å²) in [4.78, 5) is 3.85. The summed E-state index contributed by atoms with van der Waals surface area (Å²) in [6, 6.07) is 10.4. The van der Waals surface area contributed by atoms with Crippen molar-refractivity contribution in [3.05, 3.63) is 94.8 Å². The Hall–Kier alpha value is -3.17. The van der Waals surface area contributed by atoms with E-state index < -0.39 is 17.2 Å². The number of aliphatic hydroxyl groups is 1. The lowest BCUT2D eigenvalue weighted by Gasteiger charge is -2.28. The number of rotatable bonds is 7. The van der Waals surface area contributed by atoms with Crippen molar-refractivity contribution in [1.29, 1.82) is 0 Å². The van der Waals surface area contributed by atoms with Crippen LogP contribution < -0.4 is 0 Å². The van der Waals surface area contributed by atoms with Crippen molar-refractivity contribution in [1.82, 2.24) is 29.8 Å². The van der Waals surface area contributed by atoms with Crippen LogP contribution in [0.5, 0.6) is 0 Å². The van der Waals surface area contributed by atoms with Crippen molar-refractivity contribution >= 4 is 11.6 Å². The van der Waals surface area contributed by atoms with Crippen molar-refractivity contribution < 1.29 is 13.9 Å². The highest BCUT2D eigenvalue weighted by atomic mass is 35.5. The summed E-state index contributed by atoms with van der Waals surface area (Å²) < 4.78 is 30.9. The minimum atomic E-state index is -1.75. The van der Waals surface area contributed by atoms with E-state index in [1.54, 1.807) is 16.9 Å². The van der Waals surface area contributed by atoms with E-state index in [9.17, 15) is 13.9 Å². The van der Waals surface area contributed by atoms with Crippen molar-refractivity contribution in [2.75, 3.05) is 0 Å². The molecule has 2 aromatic carbocycles. The molecule has 7 nitrogen and oxygen atoms in total. The molecule has 1 unspecified atom stereocenters. The topological polar surface area (TPSA) is 81.6 Å². The van der Waals surface area contributed by atoms with E-state index >= 15 is 0 Å². The van der Waals surface area contributed by atoms with E-state index in [-0.39, 0.29) is 18.5 Å². The van der Waals surface area contributed by atoms with Gasteiger partial charge in [0.1, 0.15) is 29.9 Å². The molecule has 1 atom stereocenters. The Balaban J connectivity index is 1.61. The van der Waals surface area contributed by atoms with Crippen LogP contribution in [0.15, 0.2) is 61.3 Å². The summed E-state index contributed by atoms with van der Waals surface area (Å²) in [5.41, 5.74) is -0.448. The molecule has 2 aromatic heterocycles. The maximum absolute atomic E-state index is 14.5. The molecule has 0 aliphatic rings. The van der Waals surface area contributed by atoms with Crippen molar-refractivity contribution in [3.63, 3.8) is 0 Å². The van der Waals surface area contributed by atoms with Gasteiger partial charge >= 0.3 is 0 Å². The fraction of sp³-hybridized carbons (Fsp3) is 0.200. The van der Waals surface area contributed by atoms with Crippen LogP contribution in [0.2, 0.25) is 5.02 Å². The molecule has 30 heavy (non-hydrogen) atoms. The van der Waals surface area contributed by atoms with Gasteiger partial charge in [-0.05, 0) is 23.8 Å². The minimum absolute atomic E-state index is 0.0645. The first kappa shape index (κ1) is 20.1. The van der Waals surface area contributed by atoms with E-state index in [0.717, 1.165) is 17.7 Å². The predicted molar refractivity (Wildman–Crippen MR) is 105 cm³/mol. The van der Waals surface area contributed by atoms with Gasteiger partial charge in [-0.3, -0.25) is 0 Å². The lowest BCUT2D eigenvalue weighted by atomic mass is 9.88. The summed E-state index contributed by atoms with van der Waals surface area (Å²) in [6.07, 6.45) is 4.31. The van der Waals surface area contributed by atoms with Gasteiger partial charge < -0.3 is 5.11 Å². The van der Waals surface area contributed by atoms with Crippen LogP contribution >= 0.6 is 11.6 Å². The van der Waals surface area contributed by atoms with Crippen LogP contribution in [-0.4, -0.2) is 34.9 Å². The SMILES string of the molecule is OC(Cc1cn(Cc2cccc(Cl)c2)nn1)(Cn1cncn1)c1ccc(F)cc1F. The highest BCUT2D eigenvalue weighted by Gasteiger charge is 2.35. The second kappa shape index (κ2) is 8.29. The number of benzene rings is 2. The number of hydrogen-bond donors (Lipinski definition) is 1. The molecule has 0 saturated heterocycles. The van der Waals surface area contributed by atoms with Crippen molar-refractivity contribution in [2.45, 2.75) is 25.1 Å². The van der Waals surface area contributed by atoms with E-state index in [2.05, 4.69) is 20.4 Å². The highest BCUT2D eigenvalue weighted by Crippen LogP contribution is 2.30. The monoisotopic (exact) mass is 430 g/mol. The van der Waals surface area contributed by atoms with Gasteiger partial charge in [0.2, 0.25) is 0 Å². The predicted octanol–water partition coefficient (Wildman–Crippen LogP) is 2.98. The molecule has 0 aliphatic carbocycles. The van der Waals surface area contributed by atoms with Crippen LogP contribution in [-0.2, 0) is 25.1 Å². The molecule has 0 saturated carbocycles. The van der Waals surface area contributed by atoms with Crippen molar-refractivity contribution in [3.8, 4) is 0 Å². The van der Waals surface area contributed by atoms with E-state index in [1.165, 1.54) is 23.4 Å². The number of hydrogen-bond acceptors (Lipinski definition) is 5. The van der Waals surface area contributed by atoms with Gasteiger partial charge in [-0.25, -0.2) is 23.1 Å².